The number of hydrogen-bond acceptors (Lipinski definition) is 6. The van der Waals surface area contributed by atoms with Gasteiger partial charge < -0.3 is 19.0 Å². The van der Waals surface area contributed by atoms with Crippen LogP contribution in [-0.4, -0.2) is 31.0 Å². The van der Waals surface area contributed by atoms with Crippen molar-refractivity contribution in [2.75, 3.05) is 19.1 Å². The van der Waals surface area contributed by atoms with Crippen LogP contribution in [0, 0.1) is 12.7 Å². The molecule has 1 unspecified atom stereocenters. The number of anilines is 1. The van der Waals surface area contributed by atoms with E-state index in [0.717, 1.165) is 11.0 Å². The number of halogens is 2. The number of ether oxygens (including phenoxy) is 2. The first-order valence-corrected chi connectivity index (χ1v) is 10.2. The number of aliphatic hydroxyl groups excluding tert-OH is 1. The Kier molecular flexibility index (Phi) is 5.86. The van der Waals surface area contributed by atoms with Crippen LogP contribution in [-0.2, 0) is 9.59 Å². The molecule has 0 radical (unpaired) electrons. The van der Waals surface area contributed by atoms with E-state index in [1.165, 1.54) is 26.4 Å². The molecule has 9 heteroatoms. The van der Waals surface area contributed by atoms with Crippen molar-refractivity contribution in [3.05, 3.63) is 82.0 Å². The molecule has 33 heavy (non-hydrogen) atoms. The van der Waals surface area contributed by atoms with E-state index in [-0.39, 0.29) is 39.1 Å². The molecule has 2 aromatic carbocycles. The largest absolute Gasteiger partial charge is 0.506 e. The molecular weight excluding hydrogens is 453 g/mol. The van der Waals surface area contributed by atoms with Gasteiger partial charge in [-0.15, -0.1) is 0 Å². The predicted molar refractivity (Wildman–Crippen MR) is 119 cm³/mol. The smallest absolute Gasteiger partial charge is 0.300 e. The molecule has 1 aliphatic heterocycles. The van der Waals surface area contributed by atoms with E-state index in [1.807, 2.05) is 0 Å². The maximum Gasteiger partial charge on any atom is 0.300 e. The van der Waals surface area contributed by atoms with Crippen LogP contribution in [0.15, 0.2) is 58.5 Å². The van der Waals surface area contributed by atoms with Crippen LogP contribution in [0.25, 0.3) is 5.76 Å². The molecule has 1 aromatic heterocycles. The monoisotopic (exact) mass is 471 g/mol. The van der Waals surface area contributed by atoms with E-state index in [0.29, 0.717) is 5.76 Å². The highest BCUT2D eigenvalue weighted by molar-refractivity contribution is 6.51. The number of hydrogen-bond donors (Lipinski definition) is 1. The minimum Gasteiger partial charge on any atom is -0.506 e. The number of carbonyl (C=O) groups excluding carboxylic acids is 2. The fourth-order valence-electron chi connectivity index (χ4n) is 3.82. The summed E-state index contributed by atoms with van der Waals surface area (Å²) < 4.78 is 30.2. The average Bonchev–Trinajstić information content (AvgIpc) is 3.35. The molecule has 1 aliphatic rings. The standard InChI is InChI=1S/C24H19ClFNO6/c1-12-7-10-18(33-12)21-20(22(28)19-16(31-2)5-4-6-17(19)32-3)23(29)24(30)27(21)13-8-9-15(26)14(25)11-13/h4-11,21,28H,1-3H3/b22-20+. The third-order valence-corrected chi connectivity index (χ3v) is 5.61. The van der Waals surface area contributed by atoms with E-state index in [2.05, 4.69) is 0 Å². The second-order valence-corrected chi connectivity index (χ2v) is 7.66. The maximum absolute atomic E-state index is 13.8. The zero-order valence-electron chi connectivity index (χ0n) is 17.9. The van der Waals surface area contributed by atoms with Crippen LogP contribution in [0.5, 0.6) is 11.5 Å². The van der Waals surface area contributed by atoms with Crippen LogP contribution in [0.3, 0.4) is 0 Å². The zero-order valence-corrected chi connectivity index (χ0v) is 18.6. The van der Waals surface area contributed by atoms with Crippen molar-refractivity contribution in [1.82, 2.24) is 0 Å². The number of aliphatic hydroxyl groups is 1. The van der Waals surface area contributed by atoms with Gasteiger partial charge in [-0.3, -0.25) is 14.5 Å². The normalized spacial score (nSPS) is 17.5. The summed E-state index contributed by atoms with van der Waals surface area (Å²) in [6.45, 7) is 1.70. The Bertz CT molecular complexity index is 1280. The predicted octanol–water partition coefficient (Wildman–Crippen LogP) is 5.02. The van der Waals surface area contributed by atoms with Crippen LogP contribution in [0.1, 0.15) is 23.1 Å². The lowest BCUT2D eigenvalue weighted by Crippen LogP contribution is -2.29. The number of Topliss-reactive ketones (excluding diaryl/α,β-unsaturated/α-hetero) is 1. The third-order valence-electron chi connectivity index (χ3n) is 5.32. The molecule has 0 bridgehead atoms. The van der Waals surface area contributed by atoms with Crippen molar-refractivity contribution >= 4 is 34.7 Å². The first-order valence-electron chi connectivity index (χ1n) is 9.82. The van der Waals surface area contributed by atoms with Crippen molar-refractivity contribution in [3.63, 3.8) is 0 Å². The molecule has 1 fully saturated rings. The van der Waals surface area contributed by atoms with Crippen LogP contribution in [0.2, 0.25) is 5.02 Å². The van der Waals surface area contributed by atoms with Crippen LogP contribution in [0.4, 0.5) is 10.1 Å². The van der Waals surface area contributed by atoms with Gasteiger partial charge in [0.25, 0.3) is 11.7 Å². The Morgan fingerprint density at radius 2 is 1.76 bits per heavy atom. The molecule has 0 spiro atoms. The molecular formula is C24H19ClFNO6. The Morgan fingerprint density at radius 3 is 2.30 bits per heavy atom. The number of nitrogens with zero attached hydrogens (tertiary/aromatic N) is 1. The highest BCUT2D eigenvalue weighted by atomic mass is 35.5. The average molecular weight is 472 g/mol. The van der Waals surface area contributed by atoms with E-state index < -0.39 is 29.3 Å². The highest BCUT2D eigenvalue weighted by Crippen LogP contribution is 2.45. The summed E-state index contributed by atoms with van der Waals surface area (Å²) in [6, 6.07) is 10.6. The van der Waals surface area contributed by atoms with Gasteiger partial charge in [0.05, 0.1) is 24.8 Å². The fourth-order valence-corrected chi connectivity index (χ4v) is 4.00. The SMILES string of the molecule is COc1cccc(OC)c1/C(O)=C1\C(=O)C(=O)N(c2ccc(F)c(Cl)c2)C1c1ccc(C)o1. The van der Waals surface area contributed by atoms with Gasteiger partial charge in [0.2, 0.25) is 0 Å². The van der Waals surface area contributed by atoms with Crippen LogP contribution >= 0.6 is 11.6 Å². The molecule has 170 valence electrons. The minimum absolute atomic E-state index is 0.103. The molecule has 1 N–H and O–H groups in total. The molecule has 0 aliphatic carbocycles. The van der Waals surface area contributed by atoms with Crippen molar-refractivity contribution < 1.29 is 33.0 Å². The zero-order chi connectivity index (χ0) is 23.9. The van der Waals surface area contributed by atoms with Gasteiger partial charge in [-0.05, 0) is 49.4 Å². The lowest BCUT2D eigenvalue weighted by molar-refractivity contribution is -0.132. The molecule has 7 nitrogen and oxygen atoms in total. The number of aryl methyl sites for hydroxylation is 1. The summed E-state index contributed by atoms with van der Waals surface area (Å²) in [6.07, 6.45) is 0. The van der Waals surface area contributed by atoms with E-state index in [9.17, 15) is 19.1 Å². The first-order chi connectivity index (χ1) is 15.8. The molecule has 1 amide bonds. The van der Waals surface area contributed by atoms with Crippen molar-refractivity contribution in [2.45, 2.75) is 13.0 Å². The number of carbonyl (C=O) groups is 2. The summed E-state index contributed by atoms with van der Waals surface area (Å²) >= 11 is 5.93. The molecule has 3 aromatic rings. The van der Waals surface area contributed by atoms with Crippen molar-refractivity contribution in [1.29, 1.82) is 0 Å². The summed E-state index contributed by atoms with van der Waals surface area (Å²) in [7, 11) is 2.80. The maximum atomic E-state index is 13.8. The first kappa shape index (κ1) is 22.4. The molecule has 0 saturated carbocycles. The van der Waals surface area contributed by atoms with Crippen molar-refractivity contribution in [3.8, 4) is 11.5 Å². The van der Waals surface area contributed by atoms with E-state index >= 15 is 0 Å². The van der Waals surface area contributed by atoms with Crippen molar-refractivity contribution in [2.24, 2.45) is 0 Å². The number of methoxy groups -OCH3 is 2. The van der Waals surface area contributed by atoms with Gasteiger partial charge in [-0.1, -0.05) is 17.7 Å². The van der Waals surface area contributed by atoms with Gasteiger partial charge >= 0.3 is 0 Å². The topological polar surface area (TPSA) is 89.2 Å². The number of furan rings is 1. The quantitative estimate of drug-likeness (QED) is 0.319. The number of amides is 1. The Balaban J connectivity index is 2.00. The number of rotatable bonds is 5. The fraction of sp³-hybridized carbons (Fsp3) is 0.167. The summed E-state index contributed by atoms with van der Waals surface area (Å²) in [5, 5.41) is 11.1. The number of ketones is 1. The molecule has 4 rings (SSSR count). The van der Waals surface area contributed by atoms with Gasteiger partial charge in [-0.2, -0.15) is 0 Å². The van der Waals surface area contributed by atoms with E-state index in [4.69, 9.17) is 25.5 Å². The summed E-state index contributed by atoms with van der Waals surface area (Å²) in [4.78, 5) is 27.5. The van der Waals surface area contributed by atoms with Gasteiger partial charge in [0, 0.05) is 5.69 Å². The third kappa shape index (κ3) is 3.72. The number of benzene rings is 2. The lowest BCUT2D eigenvalue weighted by Gasteiger charge is -2.24. The minimum atomic E-state index is -1.14. The van der Waals surface area contributed by atoms with E-state index in [1.54, 1.807) is 37.3 Å². The highest BCUT2D eigenvalue weighted by Gasteiger charge is 2.49. The Hall–Kier alpha value is -3.78. The Morgan fingerprint density at radius 1 is 1.09 bits per heavy atom. The van der Waals surface area contributed by atoms with Crippen LogP contribution < -0.4 is 14.4 Å². The second-order valence-electron chi connectivity index (χ2n) is 7.25. The molecule has 1 atom stereocenters. The lowest BCUT2D eigenvalue weighted by atomic mass is 9.98. The summed E-state index contributed by atoms with van der Waals surface area (Å²) in [5.41, 5.74) is 0.0251. The Labute approximate surface area is 193 Å². The van der Waals surface area contributed by atoms with Gasteiger partial charge in [0.15, 0.2) is 0 Å². The van der Waals surface area contributed by atoms with Gasteiger partial charge in [0.1, 0.15) is 46.2 Å². The second kappa shape index (κ2) is 8.63. The van der Waals surface area contributed by atoms with Gasteiger partial charge in [-0.25, -0.2) is 4.39 Å². The molecule has 2 heterocycles. The molecule has 1 saturated heterocycles. The summed E-state index contributed by atoms with van der Waals surface area (Å²) in [5.74, 6) is -1.86.